The van der Waals surface area contributed by atoms with Gasteiger partial charge in [-0.2, -0.15) is 8.78 Å². The first kappa shape index (κ1) is 19.0. The highest BCUT2D eigenvalue weighted by Gasteiger charge is 2.49. The highest BCUT2D eigenvalue weighted by Crippen LogP contribution is 2.31. The quantitative estimate of drug-likeness (QED) is 0.640. The summed E-state index contributed by atoms with van der Waals surface area (Å²) in [6.07, 6.45) is 1.59. The van der Waals surface area contributed by atoms with Crippen LogP contribution in [-0.4, -0.2) is 32.8 Å². The Kier molecular flexibility index (Phi) is 4.53. The second-order valence-electron chi connectivity index (χ2n) is 6.49. The molecule has 1 aliphatic rings. The molecule has 1 aliphatic heterocycles. The first-order valence-corrected chi connectivity index (χ1v) is 9.31. The van der Waals surface area contributed by atoms with E-state index < -0.39 is 24.1 Å². The zero-order valence-electron chi connectivity index (χ0n) is 15.0. The van der Waals surface area contributed by atoms with Crippen LogP contribution >= 0.6 is 11.3 Å². The zero-order chi connectivity index (χ0) is 20.8. The highest BCUT2D eigenvalue weighted by atomic mass is 32.1. The van der Waals surface area contributed by atoms with Crippen LogP contribution in [0.4, 0.5) is 13.6 Å². The number of ether oxygens (including phenoxy) is 1. The van der Waals surface area contributed by atoms with Crippen molar-refractivity contribution >= 4 is 28.2 Å². The molecule has 11 heteroatoms. The van der Waals surface area contributed by atoms with Crippen LogP contribution in [0.3, 0.4) is 0 Å². The molecule has 1 saturated heterocycles. The number of imide groups is 1. The van der Waals surface area contributed by atoms with E-state index in [-0.39, 0.29) is 23.5 Å². The molecular weight excluding hydrogens is 406 g/mol. The normalized spacial score (nSPS) is 19.2. The number of thiazole rings is 1. The van der Waals surface area contributed by atoms with Gasteiger partial charge < -0.3 is 10.1 Å². The average Bonchev–Trinajstić information content (AvgIpc) is 3.21. The highest BCUT2D eigenvalue weighted by molar-refractivity contribution is 7.15. The maximum atomic E-state index is 13.0. The van der Waals surface area contributed by atoms with Crippen molar-refractivity contribution in [1.29, 1.82) is 0 Å². The van der Waals surface area contributed by atoms with Crippen LogP contribution in [-0.2, 0) is 16.9 Å². The number of fused-ring (bicyclic) bond motifs is 1. The summed E-state index contributed by atoms with van der Waals surface area (Å²) in [6, 6.07) is 6.08. The molecule has 150 valence electrons. The monoisotopic (exact) mass is 420 g/mol. The molecule has 0 aliphatic carbocycles. The summed E-state index contributed by atoms with van der Waals surface area (Å²) in [6.45, 7) is -1.62. The average molecular weight is 420 g/mol. The summed E-state index contributed by atoms with van der Waals surface area (Å²) in [5, 5.41) is 4.32. The first-order valence-electron chi connectivity index (χ1n) is 8.43. The Bertz CT molecular complexity index is 1160. The molecule has 3 amide bonds. The molecule has 8 nitrogen and oxygen atoms in total. The number of amides is 3. The predicted molar refractivity (Wildman–Crippen MR) is 98.8 cm³/mol. The van der Waals surface area contributed by atoms with Crippen molar-refractivity contribution < 1.29 is 23.1 Å². The van der Waals surface area contributed by atoms with Gasteiger partial charge in [-0.3, -0.25) is 18.9 Å². The number of alkyl halides is 2. The number of hydrogen-bond acceptors (Lipinski definition) is 6. The molecule has 0 spiro atoms. The van der Waals surface area contributed by atoms with Gasteiger partial charge in [0.05, 0.1) is 12.2 Å². The van der Waals surface area contributed by atoms with Crippen molar-refractivity contribution in [1.82, 2.24) is 19.6 Å². The maximum Gasteiger partial charge on any atom is 0.387 e. The van der Waals surface area contributed by atoms with Gasteiger partial charge in [-0.05, 0) is 24.6 Å². The zero-order valence-corrected chi connectivity index (χ0v) is 15.8. The van der Waals surface area contributed by atoms with Gasteiger partial charge in [0.25, 0.3) is 11.5 Å². The van der Waals surface area contributed by atoms with E-state index in [1.807, 2.05) is 0 Å². The summed E-state index contributed by atoms with van der Waals surface area (Å²) in [5.74, 6) is -0.604. The fourth-order valence-electron chi connectivity index (χ4n) is 3.14. The van der Waals surface area contributed by atoms with Crippen molar-refractivity contribution in [2.24, 2.45) is 0 Å². The Hall–Kier alpha value is -3.34. The number of nitrogens with zero attached hydrogens (tertiary/aromatic N) is 3. The minimum Gasteiger partial charge on any atom is -0.435 e. The number of benzene rings is 1. The molecule has 4 rings (SSSR count). The summed E-state index contributed by atoms with van der Waals surface area (Å²) in [5.41, 5.74) is -1.01. The molecule has 0 radical (unpaired) electrons. The van der Waals surface area contributed by atoms with Gasteiger partial charge >= 0.3 is 12.6 Å². The van der Waals surface area contributed by atoms with E-state index >= 15 is 0 Å². The molecule has 3 aromatic rings. The third-order valence-electron chi connectivity index (χ3n) is 4.61. The SMILES string of the molecule is C[C@]1(c2ccc(OC(F)F)cc2)NC(=O)N(Cc2cc(=O)n3ccsc3n2)C1=O. The number of hydrogen-bond donors (Lipinski definition) is 1. The number of aromatic nitrogens is 2. The predicted octanol–water partition coefficient (Wildman–Crippen LogP) is 2.32. The summed E-state index contributed by atoms with van der Waals surface area (Å²) in [4.78, 5) is 43.3. The van der Waals surface area contributed by atoms with Crippen LogP contribution in [0, 0.1) is 0 Å². The van der Waals surface area contributed by atoms with E-state index in [0.717, 1.165) is 4.90 Å². The van der Waals surface area contributed by atoms with Gasteiger partial charge in [-0.25, -0.2) is 9.78 Å². The van der Waals surface area contributed by atoms with Crippen molar-refractivity contribution in [2.45, 2.75) is 25.6 Å². The number of halogens is 2. The second kappa shape index (κ2) is 6.92. The van der Waals surface area contributed by atoms with E-state index in [1.165, 1.54) is 53.0 Å². The van der Waals surface area contributed by atoms with Crippen molar-refractivity contribution in [2.75, 3.05) is 0 Å². The minimum absolute atomic E-state index is 0.0603. The maximum absolute atomic E-state index is 13.0. The molecule has 0 bridgehead atoms. The molecule has 1 N–H and O–H groups in total. The lowest BCUT2D eigenvalue weighted by Crippen LogP contribution is -2.40. The summed E-state index contributed by atoms with van der Waals surface area (Å²) >= 11 is 1.26. The molecule has 0 saturated carbocycles. The Balaban J connectivity index is 1.59. The first-order chi connectivity index (χ1) is 13.8. The number of nitrogens with one attached hydrogen (secondary N) is 1. The molecule has 2 aromatic heterocycles. The largest absolute Gasteiger partial charge is 0.435 e. The third-order valence-corrected chi connectivity index (χ3v) is 5.36. The Morgan fingerprint density at radius 1 is 1.24 bits per heavy atom. The van der Waals surface area contributed by atoms with Crippen LogP contribution < -0.4 is 15.6 Å². The van der Waals surface area contributed by atoms with E-state index in [0.29, 0.717) is 10.5 Å². The summed E-state index contributed by atoms with van der Waals surface area (Å²) < 4.78 is 30.3. The fraction of sp³-hybridized carbons (Fsp3) is 0.222. The Labute approximate surface area is 166 Å². The third kappa shape index (κ3) is 3.33. The van der Waals surface area contributed by atoms with Crippen LogP contribution in [0.25, 0.3) is 4.96 Å². The fourth-order valence-corrected chi connectivity index (χ4v) is 3.88. The molecule has 3 heterocycles. The van der Waals surface area contributed by atoms with Crippen LogP contribution in [0.2, 0.25) is 0 Å². The van der Waals surface area contributed by atoms with Crippen molar-refractivity contribution in [3.8, 4) is 5.75 Å². The minimum atomic E-state index is -2.96. The van der Waals surface area contributed by atoms with Crippen molar-refractivity contribution in [3.63, 3.8) is 0 Å². The molecule has 29 heavy (non-hydrogen) atoms. The number of carbonyl (C=O) groups is 2. The summed E-state index contributed by atoms with van der Waals surface area (Å²) in [7, 11) is 0. The van der Waals surface area contributed by atoms with Crippen LogP contribution in [0.5, 0.6) is 5.75 Å². The van der Waals surface area contributed by atoms with Crippen molar-refractivity contribution in [3.05, 3.63) is 63.5 Å². The van der Waals surface area contributed by atoms with E-state index in [4.69, 9.17) is 0 Å². The lowest BCUT2D eigenvalue weighted by atomic mass is 9.92. The van der Waals surface area contributed by atoms with Crippen LogP contribution in [0.15, 0.2) is 46.7 Å². The van der Waals surface area contributed by atoms with Gasteiger partial charge in [-0.15, -0.1) is 11.3 Å². The number of rotatable bonds is 5. The lowest BCUT2D eigenvalue weighted by Gasteiger charge is -2.22. The van der Waals surface area contributed by atoms with Gasteiger partial charge in [-0.1, -0.05) is 12.1 Å². The Morgan fingerprint density at radius 3 is 2.66 bits per heavy atom. The second-order valence-corrected chi connectivity index (χ2v) is 7.36. The van der Waals surface area contributed by atoms with Gasteiger partial charge in [0.1, 0.15) is 11.3 Å². The molecule has 1 atom stereocenters. The smallest absolute Gasteiger partial charge is 0.387 e. The molecular formula is C18H14F2N4O4S. The van der Waals surface area contributed by atoms with E-state index in [2.05, 4.69) is 15.0 Å². The van der Waals surface area contributed by atoms with Gasteiger partial charge in [0.2, 0.25) is 0 Å². The standard InChI is InChI=1S/C18H14F2N4O4S/c1-18(10-2-4-12(5-3-10)28-15(19)20)14(26)24(16(27)22-18)9-11-8-13(25)23-6-7-29-17(23)21-11/h2-8,15H,9H2,1H3,(H,22,27)/t18-/m1/s1. The van der Waals surface area contributed by atoms with Gasteiger partial charge in [0.15, 0.2) is 4.96 Å². The van der Waals surface area contributed by atoms with Gasteiger partial charge in [0, 0.05) is 17.6 Å². The topological polar surface area (TPSA) is 93.0 Å². The van der Waals surface area contributed by atoms with Crippen LogP contribution in [0.1, 0.15) is 18.2 Å². The molecule has 0 unspecified atom stereocenters. The Morgan fingerprint density at radius 2 is 1.97 bits per heavy atom. The lowest BCUT2D eigenvalue weighted by molar-refractivity contribution is -0.131. The molecule has 1 aromatic carbocycles. The molecule has 1 fully saturated rings. The number of carbonyl (C=O) groups excluding carboxylic acids is 2. The van der Waals surface area contributed by atoms with E-state index in [9.17, 15) is 23.2 Å². The van der Waals surface area contributed by atoms with E-state index in [1.54, 1.807) is 11.6 Å². The number of urea groups is 1.